The van der Waals surface area contributed by atoms with Crippen molar-refractivity contribution in [2.24, 2.45) is 11.8 Å². The second kappa shape index (κ2) is 8.34. The molecular weight excluding hydrogens is 316 g/mol. The van der Waals surface area contributed by atoms with Gasteiger partial charge in [0.1, 0.15) is 0 Å². The molecule has 0 bridgehead atoms. The number of nitrogens with zero attached hydrogens (tertiary/aromatic N) is 2. The molecule has 1 unspecified atom stereocenters. The molecule has 0 radical (unpaired) electrons. The van der Waals surface area contributed by atoms with Gasteiger partial charge in [-0.1, -0.05) is 25.1 Å². The molecule has 1 atom stereocenters. The van der Waals surface area contributed by atoms with Crippen LogP contribution in [0, 0.1) is 11.8 Å². The van der Waals surface area contributed by atoms with E-state index in [-0.39, 0.29) is 17.7 Å². The number of hydrogen-bond acceptors (Lipinski definition) is 4. The predicted molar refractivity (Wildman–Crippen MR) is 98.4 cm³/mol. The molecule has 0 aromatic heterocycles. The zero-order valence-corrected chi connectivity index (χ0v) is 14.9. The summed E-state index contributed by atoms with van der Waals surface area (Å²) in [6.45, 7) is 7.42. The van der Waals surface area contributed by atoms with Gasteiger partial charge in [0, 0.05) is 50.7 Å². The first-order valence-electron chi connectivity index (χ1n) is 9.21. The fraction of sp³-hybridized carbons (Fsp3) is 0.579. The molecule has 2 saturated heterocycles. The smallest absolute Gasteiger partial charge is 0.224 e. The molecule has 136 valence electrons. The van der Waals surface area contributed by atoms with Crippen LogP contribution >= 0.6 is 0 Å². The third-order valence-corrected chi connectivity index (χ3v) is 5.33. The van der Waals surface area contributed by atoms with Crippen molar-refractivity contribution in [3.63, 3.8) is 0 Å². The number of carbonyl (C=O) groups excluding carboxylic acids is 2. The van der Waals surface area contributed by atoms with Crippen molar-refractivity contribution in [2.45, 2.75) is 13.3 Å². The van der Waals surface area contributed by atoms with Crippen LogP contribution in [0.5, 0.6) is 0 Å². The lowest BCUT2D eigenvalue weighted by Gasteiger charge is -2.36. The molecule has 2 N–H and O–H groups in total. The lowest BCUT2D eigenvalue weighted by atomic mass is 9.88. The molecular formula is C19H28N4O2. The summed E-state index contributed by atoms with van der Waals surface area (Å²) < 4.78 is 0. The molecule has 25 heavy (non-hydrogen) atoms. The Morgan fingerprint density at radius 1 is 1.16 bits per heavy atom. The highest BCUT2D eigenvalue weighted by Gasteiger charge is 2.28. The monoisotopic (exact) mass is 344 g/mol. The van der Waals surface area contributed by atoms with Crippen LogP contribution in [0.1, 0.15) is 13.3 Å². The van der Waals surface area contributed by atoms with Crippen LogP contribution in [0.2, 0.25) is 0 Å². The van der Waals surface area contributed by atoms with E-state index in [1.54, 1.807) is 0 Å². The highest BCUT2D eigenvalue weighted by molar-refractivity contribution is 5.80. The van der Waals surface area contributed by atoms with Gasteiger partial charge in [-0.25, -0.2) is 0 Å². The summed E-state index contributed by atoms with van der Waals surface area (Å²) in [5, 5.41) is 6.10. The molecule has 3 rings (SSSR count). The van der Waals surface area contributed by atoms with Gasteiger partial charge in [0.2, 0.25) is 11.8 Å². The van der Waals surface area contributed by atoms with Crippen LogP contribution in [0.25, 0.3) is 0 Å². The number of benzene rings is 1. The Hall–Kier alpha value is -2.08. The van der Waals surface area contributed by atoms with Crippen molar-refractivity contribution in [3.8, 4) is 0 Å². The van der Waals surface area contributed by atoms with E-state index in [2.05, 4.69) is 27.7 Å². The highest BCUT2D eigenvalue weighted by atomic mass is 16.2. The lowest BCUT2D eigenvalue weighted by molar-refractivity contribution is -0.131. The molecule has 0 spiro atoms. The minimum atomic E-state index is 0.0192. The first-order valence-corrected chi connectivity index (χ1v) is 9.21. The molecule has 0 saturated carbocycles. The first-order chi connectivity index (χ1) is 12.1. The minimum absolute atomic E-state index is 0.0192. The second-order valence-corrected chi connectivity index (χ2v) is 6.95. The first kappa shape index (κ1) is 17.7. The Kier molecular flexibility index (Phi) is 5.91. The summed E-state index contributed by atoms with van der Waals surface area (Å²) in [6, 6.07) is 10.3. The van der Waals surface area contributed by atoms with Crippen molar-refractivity contribution >= 4 is 17.5 Å². The van der Waals surface area contributed by atoms with E-state index < -0.39 is 0 Å². The maximum absolute atomic E-state index is 12.3. The molecule has 2 heterocycles. The maximum Gasteiger partial charge on any atom is 0.224 e. The average molecular weight is 344 g/mol. The van der Waals surface area contributed by atoms with Crippen LogP contribution < -0.4 is 15.5 Å². The number of anilines is 1. The fourth-order valence-corrected chi connectivity index (χ4v) is 3.34. The number of nitrogens with one attached hydrogen (secondary N) is 2. The predicted octanol–water partition coefficient (Wildman–Crippen LogP) is 0.697. The van der Waals surface area contributed by atoms with Crippen LogP contribution in [-0.2, 0) is 9.59 Å². The van der Waals surface area contributed by atoms with Gasteiger partial charge in [-0.3, -0.25) is 9.59 Å². The molecule has 2 aliphatic rings. The van der Waals surface area contributed by atoms with Crippen LogP contribution in [0.15, 0.2) is 30.3 Å². The van der Waals surface area contributed by atoms with Crippen molar-refractivity contribution in [3.05, 3.63) is 30.3 Å². The average Bonchev–Trinajstić information content (AvgIpc) is 2.61. The molecule has 1 aromatic carbocycles. The van der Waals surface area contributed by atoms with Crippen molar-refractivity contribution in [1.29, 1.82) is 0 Å². The Bertz CT molecular complexity index is 580. The van der Waals surface area contributed by atoms with E-state index in [9.17, 15) is 9.59 Å². The SMILES string of the molecule is CC(C(=O)NCCC(=O)N1CCN(c2ccccc2)CC1)C1CNC1. The van der Waals surface area contributed by atoms with Crippen molar-refractivity contribution in [2.75, 3.05) is 50.7 Å². The Labute approximate surface area is 149 Å². The topological polar surface area (TPSA) is 64.7 Å². The molecule has 2 amide bonds. The summed E-state index contributed by atoms with van der Waals surface area (Å²) in [7, 11) is 0. The van der Waals surface area contributed by atoms with Gasteiger partial charge >= 0.3 is 0 Å². The van der Waals surface area contributed by atoms with E-state index >= 15 is 0 Å². The van der Waals surface area contributed by atoms with E-state index in [0.717, 1.165) is 39.3 Å². The summed E-state index contributed by atoms with van der Waals surface area (Å²) in [4.78, 5) is 28.6. The molecule has 6 nitrogen and oxygen atoms in total. The molecule has 2 fully saturated rings. The summed E-state index contributed by atoms with van der Waals surface area (Å²) in [5.74, 6) is 0.645. The Balaban J connectivity index is 1.36. The van der Waals surface area contributed by atoms with Gasteiger partial charge in [0.05, 0.1) is 0 Å². The van der Waals surface area contributed by atoms with Gasteiger partial charge in [0.15, 0.2) is 0 Å². The maximum atomic E-state index is 12.3. The quantitative estimate of drug-likeness (QED) is 0.797. The normalized spacial score (nSPS) is 19.2. The Morgan fingerprint density at radius 3 is 2.44 bits per heavy atom. The van der Waals surface area contributed by atoms with E-state index in [4.69, 9.17) is 0 Å². The minimum Gasteiger partial charge on any atom is -0.368 e. The largest absolute Gasteiger partial charge is 0.368 e. The zero-order valence-electron chi connectivity index (χ0n) is 14.9. The van der Waals surface area contributed by atoms with Gasteiger partial charge in [-0.2, -0.15) is 0 Å². The van der Waals surface area contributed by atoms with Crippen LogP contribution in [0.4, 0.5) is 5.69 Å². The zero-order chi connectivity index (χ0) is 17.6. The van der Waals surface area contributed by atoms with Crippen LogP contribution in [0.3, 0.4) is 0 Å². The van der Waals surface area contributed by atoms with Crippen molar-refractivity contribution < 1.29 is 9.59 Å². The number of hydrogen-bond donors (Lipinski definition) is 2. The number of carbonyl (C=O) groups is 2. The number of rotatable bonds is 6. The summed E-state index contributed by atoms with van der Waals surface area (Å²) in [6.07, 6.45) is 0.382. The lowest BCUT2D eigenvalue weighted by Crippen LogP contribution is -2.50. The van der Waals surface area contributed by atoms with Gasteiger partial charge in [0.25, 0.3) is 0 Å². The fourth-order valence-electron chi connectivity index (χ4n) is 3.34. The van der Waals surface area contributed by atoms with E-state index in [1.165, 1.54) is 5.69 Å². The molecule has 2 aliphatic heterocycles. The van der Waals surface area contributed by atoms with Crippen molar-refractivity contribution in [1.82, 2.24) is 15.5 Å². The standard InChI is InChI=1S/C19H28N4O2/c1-15(16-13-20-14-16)19(25)21-8-7-18(24)23-11-9-22(10-12-23)17-5-3-2-4-6-17/h2-6,15-16,20H,7-14H2,1H3,(H,21,25). The Morgan fingerprint density at radius 2 is 1.84 bits per heavy atom. The van der Waals surface area contributed by atoms with E-state index in [0.29, 0.717) is 18.9 Å². The van der Waals surface area contributed by atoms with Gasteiger partial charge in [-0.05, 0) is 31.1 Å². The number of amides is 2. The van der Waals surface area contributed by atoms with Gasteiger partial charge < -0.3 is 20.4 Å². The summed E-state index contributed by atoms with van der Waals surface area (Å²) >= 11 is 0. The number of piperazine rings is 1. The van der Waals surface area contributed by atoms with E-state index in [1.807, 2.05) is 30.0 Å². The molecule has 1 aromatic rings. The number of para-hydroxylation sites is 1. The second-order valence-electron chi connectivity index (χ2n) is 6.95. The van der Waals surface area contributed by atoms with Crippen LogP contribution in [-0.4, -0.2) is 62.5 Å². The highest BCUT2D eigenvalue weighted by Crippen LogP contribution is 2.17. The molecule has 6 heteroatoms. The third kappa shape index (κ3) is 4.51. The third-order valence-electron chi connectivity index (χ3n) is 5.33. The van der Waals surface area contributed by atoms with Gasteiger partial charge in [-0.15, -0.1) is 0 Å². The molecule has 0 aliphatic carbocycles. The summed E-state index contributed by atoms with van der Waals surface area (Å²) in [5.41, 5.74) is 1.21.